The van der Waals surface area contributed by atoms with Gasteiger partial charge in [0, 0.05) is 61.1 Å². The van der Waals surface area contributed by atoms with Crippen LogP contribution in [-0.2, 0) is 0 Å². The molecule has 6 heteroatoms. The molecule has 2 aromatic heterocycles. The van der Waals surface area contributed by atoms with E-state index in [9.17, 15) is 0 Å². The van der Waals surface area contributed by atoms with Gasteiger partial charge in [-0.05, 0) is 46.2 Å². The summed E-state index contributed by atoms with van der Waals surface area (Å²) in [6.45, 7) is 8.15. The Labute approximate surface area is 200 Å². The van der Waals surface area contributed by atoms with Crippen molar-refractivity contribution in [1.29, 1.82) is 0 Å². The molecule has 3 heterocycles. The summed E-state index contributed by atoms with van der Waals surface area (Å²) in [6.07, 6.45) is 5.84. The topological polar surface area (TPSA) is 71.5 Å². The number of rotatable bonds is 3. The Kier molecular flexibility index (Phi) is 6.14. The second-order valence-electron chi connectivity index (χ2n) is 8.24. The number of anilines is 2. The minimum absolute atomic E-state index is 0.735. The number of hydrogen-bond acceptors (Lipinski definition) is 5. The molecule has 0 amide bonds. The van der Waals surface area contributed by atoms with Gasteiger partial charge in [-0.1, -0.05) is 50.2 Å². The van der Waals surface area contributed by atoms with Crippen LogP contribution in [0.3, 0.4) is 0 Å². The first kappa shape index (κ1) is 21.9. The molecule has 1 fully saturated rings. The van der Waals surface area contributed by atoms with E-state index in [0.29, 0.717) is 0 Å². The third-order valence-corrected chi connectivity index (χ3v) is 6.21. The number of piperazine rings is 1. The molecule has 0 bridgehead atoms. The molecular weight excluding hydrogens is 420 g/mol. The van der Waals surface area contributed by atoms with Crippen LogP contribution in [0.2, 0.25) is 0 Å². The van der Waals surface area contributed by atoms with Gasteiger partial charge in [-0.3, -0.25) is 0 Å². The highest BCUT2D eigenvalue weighted by molar-refractivity contribution is 6.01. The quantitative estimate of drug-likeness (QED) is 0.368. The van der Waals surface area contributed by atoms with E-state index in [1.807, 2.05) is 61.2 Å². The van der Waals surface area contributed by atoms with E-state index in [-0.39, 0.29) is 0 Å². The summed E-state index contributed by atoms with van der Waals surface area (Å²) in [6, 6.07) is 21.0. The van der Waals surface area contributed by atoms with E-state index in [4.69, 9.17) is 10.7 Å². The zero-order valence-electron chi connectivity index (χ0n) is 19.7. The van der Waals surface area contributed by atoms with Crippen LogP contribution in [0.1, 0.15) is 13.8 Å². The number of aromatic nitrogens is 3. The molecule has 0 radical (unpaired) electrons. The number of nitrogens with zero attached hydrogens (tertiary/aromatic N) is 4. The Morgan fingerprint density at radius 3 is 2.41 bits per heavy atom. The minimum Gasteiger partial charge on any atom is -0.399 e. The average Bonchev–Trinajstić information content (AvgIpc) is 3.33. The van der Waals surface area contributed by atoms with Gasteiger partial charge in [-0.2, -0.15) is 5.10 Å². The fourth-order valence-corrected chi connectivity index (χ4v) is 4.56. The molecule has 0 spiro atoms. The third-order valence-electron chi connectivity index (χ3n) is 6.21. The molecule has 5 aromatic rings. The van der Waals surface area contributed by atoms with Gasteiger partial charge in [0.2, 0.25) is 0 Å². The molecule has 3 aromatic carbocycles. The van der Waals surface area contributed by atoms with Gasteiger partial charge in [0.15, 0.2) is 5.65 Å². The molecule has 3 N–H and O–H groups in total. The first-order valence-electron chi connectivity index (χ1n) is 11.9. The molecule has 1 saturated heterocycles. The highest BCUT2D eigenvalue weighted by Crippen LogP contribution is 2.33. The first-order valence-corrected chi connectivity index (χ1v) is 11.9. The van der Waals surface area contributed by atoms with Crippen molar-refractivity contribution in [1.82, 2.24) is 19.9 Å². The van der Waals surface area contributed by atoms with Crippen LogP contribution in [-0.4, -0.2) is 40.8 Å². The zero-order chi connectivity index (χ0) is 23.5. The second-order valence-corrected chi connectivity index (χ2v) is 8.24. The molecule has 0 aliphatic carbocycles. The second kappa shape index (κ2) is 9.53. The number of fused-ring (bicyclic) bond motifs is 2. The number of nitrogen functional groups attached to an aromatic ring is 1. The number of nitrogens with two attached hydrogens (primary N) is 1. The van der Waals surface area contributed by atoms with Crippen LogP contribution < -0.4 is 16.0 Å². The van der Waals surface area contributed by atoms with Crippen LogP contribution in [0.5, 0.6) is 0 Å². The van der Waals surface area contributed by atoms with E-state index in [0.717, 1.165) is 70.5 Å². The van der Waals surface area contributed by atoms with Crippen LogP contribution in [0.4, 0.5) is 11.4 Å². The van der Waals surface area contributed by atoms with Crippen LogP contribution in [0.15, 0.2) is 79.3 Å². The molecule has 0 unspecified atom stereocenters. The molecule has 1 aliphatic heterocycles. The molecule has 0 saturated carbocycles. The van der Waals surface area contributed by atoms with Crippen molar-refractivity contribution in [3.63, 3.8) is 0 Å². The molecular formula is C28H30N6. The van der Waals surface area contributed by atoms with Gasteiger partial charge in [0.1, 0.15) is 0 Å². The monoisotopic (exact) mass is 450 g/mol. The Hall–Kier alpha value is -3.90. The van der Waals surface area contributed by atoms with Gasteiger partial charge in [-0.25, -0.2) is 9.50 Å². The van der Waals surface area contributed by atoms with Crippen molar-refractivity contribution in [2.45, 2.75) is 13.8 Å². The Morgan fingerprint density at radius 1 is 0.853 bits per heavy atom. The Bertz CT molecular complexity index is 1410. The molecule has 34 heavy (non-hydrogen) atoms. The molecule has 6 rings (SSSR count). The first-order chi connectivity index (χ1) is 16.8. The zero-order valence-corrected chi connectivity index (χ0v) is 19.7. The van der Waals surface area contributed by atoms with Crippen molar-refractivity contribution >= 4 is 27.8 Å². The Balaban J connectivity index is 0.00000117. The fraction of sp³-hybridized carbons (Fsp3) is 0.214. The minimum atomic E-state index is 0.735. The van der Waals surface area contributed by atoms with Crippen LogP contribution in [0, 0.1) is 0 Å². The van der Waals surface area contributed by atoms with Crippen molar-refractivity contribution in [2.75, 3.05) is 36.8 Å². The van der Waals surface area contributed by atoms with Gasteiger partial charge < -0.3 is 16.0 Å². The highest BCUT2D eigenvalue weighted by Gasteiger charge is 2.14. The number of benzene rings is 3. The van der Waals surface area contributed by atoms with Crippen molar-refractivity contribution in [3.05, 3.63) is 79.3 Å². The summed E-state index contributed by atoms with van der Waals surface area (Å²) in [5.41, 5.74) is 13.2. The predicted molar refractivity (Wildman–Crippen MR) is 142 cm³/mol. The van der Waals surface area contributed by atoms with E-state index in [1.165, 1.54) is 5.69 Å². The number of hydrogen-bond donors (Lipinski definition) is 2. The molecule has 6 nitrogen and oxygen atoms in total. The summed E-state index contributed by atoms with van der Waals surface area (Å²) in [7, 11) is 0. The van der Waals surface area contributed by atoms with Crippen molar-refractivity contribution in [3.8, 4) is 22.3 Å². The lowest BCUT2D eigenvalue weighted by atomic mass is 9.99. The maximum absolute atomic E-state index is 6.19. The van der Waals surface area contributed by atoms with Crippen LogP contribution in [0.25, 0.3) is 38.7 Å². The van der Waals surface area contributed by atoms with Crippen molar-refractivity contribution < 1.29 is 0 Å². The van der Waals surface area contributed by atoms with Crippen LogP contribution >= 0.6 is 0 Å². The summed E-state index contributed by atoms with van der Waals surface area (Å²) >= 11 is 0. The molecule has 1 aliphatic rings. The standard InChI is InChI=1S/C26H24N6.C2H6/c27-21-13-19-3-1-2-4-23(19)24(14-21)25-16-30-32-17-20(15-29-26(25)32)18-5-7-22(8-6-18)31-11-9-28-10-12-31;1-2/h1-8,13-17,28H,9-12,27H2;1-2H3. The van der Waals surface area contributed by atoms with Crippen molar-refractivity contribution in [2.24, 2.45) is 0 Å². The van der Waals surface area contributed by atoms with E-state index in [1.54, 1.807) is 0 Å². The summed E-state index contributed by atoms with van der Waals surface area (Å²) < 4.78 is 1.85. The van der Waals surface area contributed by atoms with E-state index < -0.39 is 0 Å². The third kappa shape index (κ3) is 4.08. The SMILES string of the molecule is CC.Nc1cc(-c2cnn3cc(-c4ccc(N5CCNCC5)cc4)cnc23)c2ccccc2c1. The maximum atomic E-state index is 6.19. The lowest BCUT2D eigenvalue weighted by Gasteiger charge is -2.29. The summed E-state index contributed by atoms with van der Waals surface area (Å²) in [5.74, 6) is 0. The summed E-state index contributed by atoms with van der Waals surface area (Å²) in [5, 5.41) is 10.3. The lowest BCUT2D eigenvalue weighted by molar-refractivity contribution is 0.589. The molecule has 0 atom stereocenters. The Morgan fingerprint density at radius 2 is 1.62 bits per heavy atom. The smallest absolute Gasteiger partial charge is 0.162 e. The van der Waals surface area contributed by atoms with Gasteiger partial charge >= 0.3 is 0 Å². The van der Waals surface area contributed by atoms with Gasteiger partial charge in [0.25, 0.3) is 0 Å². The van der Waals surface area contributed by atoms with E-state index >= 15 is 0 Å². The highest BCUT2D eigenvalue weighted by atomic mass is 15.2. The number of nitrogens with one attached hydrogen (secondary N) is 1. The molecule has 172 valence electrons. The fourth-order valence-electron chi connectivity index (χ4n) is 4.56. The summed E-state index contributed by atoms with van der Waals surface area (Å²) in [4.78, 5) is 7.20. The van der Waals surface area contributed by atoms with E-state index in [2.05, 4.69) is 51.7 Å². The normalized spacial score (nSPS) is 13.6. The largest absolute Gasteiger partial charge is 0.399 e. The lowest BCUT2D eigenvalue weighted by Crippen LogP contribution is -2.43. The van der Waals surface area contributed by atoms with Gasteiger partial charge in [0.05, 0.1) is 6.20 Å². The van der Waals surface area contributed by atoms with Gasteiger partial charge in [-0.15, -0.1) is 0 Å². The maximum Gasteiger partial charge on any atom is 0.162 e. The average molecular weight is 451 g/mol. The predicted octanol–water partition coefficient (Wildman–Crippen LogP) is 5.23.